The maximum atomic E-state index is 14.1. The summed E-state index contributed by atoms with van der Waals surface area (Å²) in [5.41, 5.74) is 6.41. The second-order valence-corrected chi connectivity index (χ2v) is 12.8. The number of nitrogens with one attached hydrogen (secondary N) is 1. The summed E-state index contributed by atoms with van der Waals surface area (Å²) < 4.78 is 18.2. The van der Waals surface area contributed by atoms with Crippen LogP contribution in [-0.2, 0) is 4.79 Å². The summed E-state index contributed by atoms with van der Waals surface area (Å²) >= 11 is 14.0. The van der Waals surface area contributed by atoms with Crippen molar-refractivity contribution >= 4 is 57.6 Å². The number of hydrogen-bond donors (Lipinski definition) is 1. The van der Waals surface area contributed by atoms with Gasteiger partial charge in [-0.3, -0.25) is 9.36 Å². The van der Waals surface area contributed by atoms with Gasteiger partial charge in [-0.1, -0.05) is 65.3 Å². The molecule has 226 valence electrons. The Morgan fingerprint density at radius 3 is 2.51 bits per heavy atom. The summed E-state index contributed by atoms with van der Waals surface area (Å²) in [4.78, 5) is 18.4. The third-order valence-corrected chi connectivity index (χ3v) is 9.31. The van der Waals surface area contributed by atoms with Crippen LogP contribution in [0, 0.1) is 19.7 Å². The van der Waals surface area contributed by atoms with E-state index < -0.39 is 0 Å². The smallest absolute Gasteiger partial charge is 0.234 e. The quantitative estimate of drug-likeness (QED) is 0.165. The van der Waals surface area contributed by atoms with Gasteiger partial charge in [-0.05, 0) is 80.3 Å². The number of thioether (sulfide) groups is 1. The van der Waals surface area contributed by atoms with Crippen molar-refractivity contribution in [2.24, 2.45) is 0 Å². The predicted octanol–water partition coefficient (Wildman–Crippen LogP) is 9.08. The van der Waals surface area contributed by atoms with Gasteiger partial charge in [-0.25, -0.2) is 9.37 Å². The van der Waals surface area contributed by atoms with Crippen LogP contribution in [0.4, 0.5) is 10.1 Å². The van der Waals surface area contributed by atoms with Crippen LogP contribution >= 0.6 is 35.0 Å². The van der Waals surface area contributed by atoms with Crippen LogP contribution in [0.1, 0.15) is 30.0 Å². The standard InChI is InChI=1S/C34H27Cl2FN6OS/c1-19-6-3-4-9-28(19)43-33(24-14-10-21(35)16-26(24)36)40-41-34(43)45-18-30(44)39-31-20(2)7-5-8-25(31)32-38-27-17-22(37)11-15-29(27)42(32)23-12-13-23/h3-11,14-17,23H,12-13,18H2,1-2H3,(H,39,44). The van der Waals surface area contributed by atoms with Crippen LogP contribution < -0.4 is 5.32 Å². The number of carbonyl (C=O) groups is 1. The Morgan fingerprint density at radius 2 is 1.73 bits per heavy atom. The summed E-state index contributed by atoms with van der Waals surface area (Å²) in [6.45, 7) is 3.96. The molecule has 0 spiro atoms. The lowest BCUT2D eigenvalue weighted by molar-refractivity contribution is -0.113. The molecule has 0 aliphatic heterocycles. The first-order valence-electron chi connectivity index (χ1n) is 14.5. The van der Waals surface area contributed by atoms with Gasteiger partial charge in [0.2, 0.25) is 5.91 Å². The molecule has 45 heavy (non-hydrogen) atoms. The minimum atomic E-state index is -0.329. The number of nitrogens with zero attached hydrogens (tertiary/aromatic N) is 5. The number of anilines is 1. The first-order chi connectivity index (χ1) is 21.8. The van der Waals surface area contributed by atoms with Crippen molar-refractivity contribution in [3.63, 3.8) is 0 Å². The van der Waals surface area contributed by atoms with Gasteiger partial charge < -0.3 is 9.88 Å². The third kappa shape index (κ3) is 5.72. The topological polar surface area (TPSA) is 77.6 Å². The van der Waals surface area contributed by atoms with Crippen LogP contribution in [0.2, 0.25) is 10.0 Å². The van der Waals surface area contributed by atoms with Gasteiger partial charge in [0.1, 0.15) is 11.6 Å². The molecule has 0 bridgehead atoms. The van der Waals surface area contributed by atoms with Gasteiger partial charge in [0.05, 0.1) is 33.2 Å². The lowest BCUT2D eigenvalue weighted by atomic mass is 10.1. The van der Waals surface area contributed by atoms with Crippen molar-refractivity contribution in [1.82, 2.24) is 24.3 Å². The molecule has 2 aromatic heterocycles. The number of halogens is 3. The fraction of sp³-hybridized carbons (Fsp3) is 0.176. The van der Waals surface area contributed by atoms with Gasteiger partial charge in [-0.2, -0.15) is 0 Å². The Bertz CT molecular complexity index is 2100. The van der Waals surface area contributed by atoms with E-state index in [1.54, 1.807) is 18.2 Å². The van der Waals surface area contributed by atoms with E-state index in [0.717, 1.165) is 40.7 Å². The van der Waals surface area contributed by atoms with Gasteiger partial charge in [0.25, 0.3) is 0 Å². The average Bonchev–Trinajstić information content (AvgIpc) is 3.66. The number of rotatable bonds is 8. The minimum Gasteiger partial charge on any atom is -0.324 e. The molecule has 6 aromatic rings. The molecule has 0 atom stereocenters. The van der Waals surface area contributed by atoms with Gasteiger partial charge in [-0.15, -0.1) is 10.2 Å². The number of amides is 1. The SMILES string of the molecule is Cc1ccccc1-n1c(SCC(=O)Nc2c(C)cccc2-c2nc3cc(F)ccc3n2C2CC2)nnc1-c1ccc(Cl)cc1Cl. The molecule has 11 heteroatoms. The van der Waals surface area contributed by atoms with Crippen molar-refractivity contribution in [3.05, 3.63) is 106 Å². The first-order valence-corrected chi connectivity index (χ1v) is 16.2. The highest BCUT2D eigenvalue weighted by atomic mass is 35.5. The van der Waals surface area contributed by atoms with Gasteiger partial charge >= 0.3 is 0 Å². The second-order valence-electron chi connectivity index (χ2n) is 11.1. The van der Waals surface area contributed by atoms with E-state index in [9.17, 15) is 9.18 Å². The minimum absolute atomic E-state index is 0.0798. The number of aromatic nitrogens is 5. The third-order valence-electron chi connectivity index (χ3n) is 7.84. The number of hydrogen-bond acceptors (Lipinski definition) is 5. The summed E-state index contributed by atoms with van der Waals surface area (Å²) in [6.07, 6.45) is 2.07. The number of carbonyl (C=O) groups excluding carboxylic acids is 1. The molecule has 0 unspecified atom stereocenters. The van der Waals surface area contributed by atoms with Crippen LogP contribution in [0.25, 0.3) is 39.5 Å². The molecule has 2 heterocycles. The maximum Gasteiger partial charge on any atom is 0.234 e. The van der Waals surface area contributed by atoms with Crippen LogP contribution in [0.15, 0.2) is 84.0 Å². The van der Waals surface area contributed by atoms with Crippen LogP contribution in [0.5, 0.6) is 0 Å². The second kappa shape index (κ2) is 12.0. The van der Waals surface area contributed by atoms with Crippen molar-refractivity contribution in [2.75, 3.05) is 11.1 Å². The normalized spacial score (nSPS) is 13.0. The van der Waals surface area contributed by atoms with Crippen LogP contribution in [0.3, 0.4) is 0 Å². The van der Waals surface area contributed by atoms with E-state index >= 15 is 0 Å². The fourth-order valence-electron chi connectivity index (χ4n) is 5.53. The molecule has 1 saturated carbocycles. The molecule has 7 nitrogen and oxygen atoms in total. The molecule has 1 amide bonds. The van der Waals surface area contributed by atoms with E-state index in [4.69, 9.17) is 28.2 Å². The first kappa shape index (κ1) is 29.5. The van der Waals surface area contributed by atoms with Crippen molar-refractivity contribution in [1.29, 1.82) is 0 Å². The Kier molecular flexibility index (Phi) is 7.85. The highest BCUT2D eigenvalue weighted by Crippen LogP contribution is 2.43. The van der Waals surface area contributed by atoms with Crippen LogP contribution in [-0.4, -0.2) is 36.0 Å². The predicted molar refractivity (Wildman–Crippen MR) is 179 cm³/mol. The van der Waals surface area contributed by atoms with E-state index in [1.165, 1.54) is 23.9 Å². The molecule has 0 radical (unpaired) electrons. The Balaban J connectivity index is 1.20. The molecule has 0 saturated heterocycles. The molecule has 1 aliphatic carbocycles. The summed E-state index contributed by atoms with van der Waals surface area (Å²) in [6, 6.07) is 24.0. The highest BCUT2D eigenvalue weighted by Gasteiger charge is 2.30. The van der Waals surface area contributed by atoms with Crippen molar-refractivity contribution in [2.45, 2.75) is 37.9 Å². The molecule has 1 N–H and O–H groups in total. The molecule has 1 fully saturated rings. The highest BCUT2D eigenvalue weighted by molar-refractivity contribution is 7.99. The van der Waals surface area contributed by atoms with E-state index in [1.807, 2.05) is 66.9 Å². The monoisotopic (exact) mass is 656 g/mol. The average molecular weight is 658 g/mol. The van der Waals surface area contributed by atoms with Gasteiger partial charge in [0.15, 0.2) is 11.0 Å². The van der Waals surface area contributed by atoms with Gasteiger partial charge in [0, 0.05) is 28.3 Å². The number of imidazole rings is 1. The fourth-order valence-corrected chi connectivity index (χ4v) is 6.77. The lowest BCUT2D eigenvalue weighted by Gasteiger charge is -2.16. The zero-order chi connectivity index (χ0) is 31.2. The lowest BCUT2D eigenvalue weighted by Crippen LogP contribution is -2.16. The molecule has 1 aliphatic rings. The number of benzene rings is 4. The number of fused-ring (bicyclic) bond motifs is 1. The van der Waals surface area contributed by atoms with E-state index in [2.05, 4.69) is 20.1 Å². The van der Waals surface area contributed by atoms with Crippen molar-refractivity contribution in [3.8, 4) is 28.5 Å². The Labute approximate surface area is 273 Å². The van der Waals surface area contributed by atoms with E-state index in [0.29, 0.717) is 49.7 Å². The number of aryl methyl sites for hydroxylation is 2. The summed E-state index contributed by atoms with van der Waals surface area (Å²) in [5.74, 6) is 0.806. The summed E-state index contributed by atoms with van der Waals surface area (Å²) in [5, 5.41) is 13.6. The Morgan fingerprint density at radius 1 is 0.933 bits per heavy atom. The zero-order valence-electron chi connectivity index (χ0n) is 24.4. The largest absolute Gasteiger partial charge is 0.324 e. The van der Waals surface area contributed by atoms with Crippen molar-refractivity contribution < 1.29 is 9.18 Å². The number of para-hydroxylation sites is 2. The van der Waals surface area contributed by atoms with E-state index in [-0.39, 0.29) is 17.5 Å². The molecule has 7 rings (SSSR count). The molecular weight excluding hydrogens is 630 g/mol. The molecule has 4 aromatic carbocycles. The summed E-state index contributed by atoms with van der Waals surface area (Å²) in [7, 11) is 0. The Hall–Kier alpha value is -4.18. The molecular formula is C34H27Cl2FN6OS. The zero-order valence-corrected chi connectivity index (χ0v) is 26.7. The maximum absolute atomic E-state index is 14.1.